The molecule has 0 unspecified atom stereocenters. The zero-order valence-electron chi connectivity index (χ0n) is 15.6. The summed E-state index contributed by atoms with van der Waals surface area (Å²) in [5.74, 6) is 0.416. The molecule has 4 rings (SSSR count). The summed E-state index contributed by atoms with van der Waals surface area (Å²) in [6.45, 7) is 4.28. The first-order chi connectivity index (χ1) is 13.2. The zero-order valence-corrected chi connectivity index (χ0v) is 16.4. The smallest absolute Gasteiger partial charge is 0.225 e. The monoisotopic (exact) mass is 387 g/mol. The van der Waals surface area contributed by atoms with E-state index in [0.29, 0.717) is 5.91 Å². The Morgan fingerprint density at radius 1 is 1.07 bits per heavy atom. The van der Waals surface area contributed by atoms with Gasteiger partial charge < -0.3 is 4.90 Å². The minimum absolute atomic E-state index is 0.227. The zero-order chi connectivity index (χ0) is 18.6. The summed E-state index contributed by atoms with van der Waals surface area (Å²) >= 11 is 1.64. The lowest BCUT2D eigenvalue weighted by atomic mass is 9.88. The van der Waals surface area contributed by atoms with Crippen LogP contribution in [0, 0.1) is 11.7 Å². The maximum absolute atomic E-state index is 13.1. The van der Waals surface area contributed by atoms with Gasteiger partial charge in [0.25, 0.3) is 0 Å². The Morgan fingerprint density at radius 3 is 2.48 bits per heavy atom. The van der Waals surface area contributed by atoms with Gasteiger partial charge in [0.1, 0.15) is 10.8 Å². The van der Waals surface area contributed by atoms with Gasteiger partial charge in [-0.3, -0.25) is 9.69 Å². The summed E-state index contributed by atoms with van der Waals surface area (Å²) in [4.78, 5) is 21.8. The summed E-state index contributed by atoms with van der Waals surface area (Å²) in [6.07, 6.45) is 5.84. The van der Waals surface area contributed by atoms with E-state index in [-0.39, 0.29) is 11.7 Å². The SMILES string of the molecule is O=C(C1CCCCC1)N1CCN(Cc2nc(-c3ccc(F)cc3)cs2)CC1. The van der Waals surface area contributed by atoms with Crippen LogP contribution in [-0.2, 0) is 11.3 Å². The van der Waals surface area contributed by atoms with Gasteiger partial charge in [-0.1, -0.05) is 19.3 Å². The largest absolute Gasteiger partial charge is 0.340 e. The molecule has 27 heavy (non-hydrogen) atoms. The fraction of sp³-hybridized carbons (Fsp3) is 0.524. The van der Waals surface area contributed by atoms with E-state index in [9.17, 15) is 9.18 Å². The van der Waals surface area contributed by atoms with Crippen molar-refractivity contribution in [1.82, 2.24) is 14.8 Å². The van der Waals surface area contributed by atoms with Crippen LogP contribution in [-0.4, -0.2) is 46.9 Å². The Bertz CT molecular complexity index is 762. The predicted octanol–water partition coefficient (Wildman–Crippen LogP) is 4.17. The quantitative estimate of drug-likeness (QED) is 0.790. The first-order valence-corrected chi connectivity index (χ1v) is 10.8. The lowest BCUT2D eigenvalue weighted by molar-refractivity contribution is -0.138. The van der Waals surface area contributed by atoms with E-state index in [2.05, 4.69) is 9.80 Å². The molecule has 0 atom stereocenters. The molecule has 144 valence electrons. The molecule has 1 aliphatic carbocycles. The van der Waals surface area contributed by atoms with Crippen molar-refractivity contribution in [2.75, 3.05) is 26.2 Å². The van der Waals surface area contributed by atoms with Gasteiger partial charge in [0.05, 0.1) is 12.2 Å². The van der Waals surface area contributed by atoms with Crippen molar-refractivity contribution < 1.29 is 9.18 Å². The number of rotatable bonds is 4. The molecule has 2 aliphatic rings. The maximum atomic E-state index is 13.1. The number of nitrogens with zero attached hydrogens (tertiary/aromatic N) is 3. The van der Waals surface area contributed by atoms with Crippen LogP contribution < -0.4 is 0 Å². The fourth-order valence-electron chi connectivity index (χ4n) is 4.06. The number of benzene rings is 1. The average molecular weight is 388 g/mol. The first-order valence-electron chi connectivity index (χ1n) is 9.90. The van der Waals surface area contributed by atoms with Crippen LogP contribution in [0.15, 0.2) is 29.6 Å². The molecule has 0 bridgehead atoms. The molecule has 0 N–H and O–H groups in total. The van der Waals surface area contributed by atoms with Gasteiger partial charge in [0.15, 0.2) is 0 Å². The third-order valence-electron chi connectivity index (χ3n) is 5.69. The number of amides is 1. The molecule has 1 amide bonds. The molecular weight excluding hydrogens is 361 g/mol. The highest BCUT2D eigenvalue weighted by molar-refractivity contribution is 7.09. The van der Waals surface area contributed by atoms with Crippen molar-refractivity contribution in [2.45, 2.75) is 38.6 Å². The maximum Gasteiger partial charge on any atom is 0.225 e. The van der Waals surface area contributed by atoms with Gasteiger partial charge in [-0.25, -0.2) is 9.37 Å². The van der Waals surface area contributed by atoms with E-state index < -0.39 is 0 Å². The molecule has 0 spiro atoms. The van der Waals surface area contributed by atoms with E-state index in [1.54, 1.807) is 23.5 Å². The van der Waals surface area contributed by atoms with Gasteiger partial charge in [-0.15, -0.1) is 11.3 Å². The molecule has 2 aromatic rings. The molecule has 4 nitrogen and oxygen atoms in total. The molecule has 1 aromatic heterocycles. The molecular formula is C21H26FN3OS. The van der Waals surface area contributed by atoms with E-state index in [0.717, 1.165) is 61.8 Å². The van der Waals surface area contributed by atoms with Gasteiger partial charge in [-0.05, 0) is 37.1 Å². The predicted molar refractivity (Wildman–Crippen MR) is 106 cm³/mol. The van der Waals surface area contributed by atoms with Gasteiger partial charge >= 0.3 is 0 Å². The molecule has 0 radical (unpaired) electrons. The number of aromatic nitrogens is 1. The van der Waals surface area contributed by atoms with Crippen LogP contribution in [0.4, 0.5) is 4.39 Å². The highest BCUT2D eigenvalue weighted by Crippen LogP contribution is 2.26. The highest BCUT2D eigenvalue weighted by Gasteiger charge is 2.28. The summed E-state index contributed by atoms with van der Waals surface area (Å²) in [7, 11) is 0. The van der Waals surface area contributed by atoms with Crippen molar-refractivity contribution in [3.05, 3.63) is 40.5 Å². The molecule has 1 aliphatic heterocycles. The Balaban J connectivity index is 1.29. The molecule has 2 fully saturated rings. The van der Waals surface area contributed by atoms with Gasteiger partial charge in [0, 0.05) is 43.0 Å². The summed E-state index contributed by atoms with van der Waals surface area (Å²) in [5.41, 5.74) is 1.85. The summed E-state index contributed by atoms with van der Waals surface area (Å²) in [6, 6.07) is 6.47. The van der Waals surface area contributed by atoms with E-state index in [1.807, 2.05) is 5.38 Å². The number of carbonyl (C=O) groups is 1. The number of hydrogen-bond acceptors (Lipinski definition) is 4. The van der Waals surface area contributed by atoms with Crippen molar-refractivity contribution >= 4 is 17.2 Å². The number of hydrogen-bond donors (Lipinski definition) is 0. The van der Waals surface area contributed by atoms with Crippen LogP contribution in [0.5, 0.6) is 0 Å². The molecule has 1 saturated carbocycles. The second kappa shape index (κ2) is 8.48. The number of halogens is 1. The van der Waals surface area contributed by atoms with E-state index in [4.69, 9.17) is 4.98 Å². The minimum atomic E-state index is -0.227. The Hall–Kier alpha value is -1.79. The summed E-state index contributed by atoms with van der Waals surface area (Å²) in [5, 5.41) is 3.10. The molecule has 1 saturated heterocycles. The van der Waals surface area contributed by atoms with Gasteiger partial charge in [-0.2, -0.15) is 0 Å². The third kappa shape index (κ3) is 4.55. The summed E-state index contributed by atoms with van der Waals surface area (Å²) < 4.78 is 13.1. The second-order valence-electron chi connectivity index (χ2n) is 7.57. The lowest BCUT2D eigenvalue weighted by Crippen LogP contribution is -2.50. The van der Waals surface area contributed by atoms with E-state index in [1.165, 1.54) is 31.4 Å². The lowest BCUT2D eigenvalue weighted by Gasteiger charge is -2.36. The second-order valence-corrected chi connectivity index (χ2v) is 8.51. The Kier molecular flexibility index (Phi) is 5.83. The normalized spacial score (nSPS) is 19.4. The minimum Gasteiger partial charge on any atom is -0.340 e. The van der Waals surface area contributed by atoms with Crippen LogP contribution in [0.25, 0.3) is 11.3 Å². The molecule has 2 heterocycles. The van der Waals surface area contributed by atoms with Crippen molar-refractivity contribution in [3.63, 3.8) is 0 Å². The van der Waals surface area contributed by atoms with Gasteiger partial charge in [0.2, 0.25) is 5.91 Å². The third-order valence-corrected chi connectivity index (χ3v) is 6.52. The van der Waals surface area contributed by atoms with Crippen LogP contribution in [0.1, 0.15) is 37.1 Å². The van der Waals surface area contributed by atoms with Crippen molar-refractivity contribution in [3.8, 4) is 11.3 Å². The number of thiazole rings is 1. The molecule has 6 heteroatoms. The van der Waals surface area contributed by atoms with Crippen LogP contribution in [0.3, 0.4) is 0 Å². The standard InChI is InChI=1S/C21H26FN3OS/c22-18-8-6-16(7-9-18)19-15-27-20(23-19)14-24-10-12-25(13-11-24)21(26)17-4-2-1-3-5-17/h6-9,15,17H,1-5,10-14H2. The average Bonchev–Trinajstić information content (AvgIpc) is 3.18. The Morgan fingerprint density at radius 2 is 1.78 bits per heavy atom. The number of piperazine rings is 1. The van der Waals surface area contributed by atoms with Crippen molar-refractivity contribution in [1.29, 1.82) is 0 Å². The topological polar surface area (TPSA) is 36.4 Å². The first kappa shape index (κ1) is 18.6. The van der Waals surface area contributed by atoms with Crippen LogP contribution in [0.2, 0.25) is 0 Å². The fourth-order valence-corrected chi connectivity index (χ4v) is 4.91. The van der Waals surface area contributed by atoms with Crippen molar-refractivity contribution in [2.24, 2.45) is 5.92 Å². The highest BCUT2D eigenvalue weighted by atomic mass is 32.1. The number of carbonyl (C=O) groups excluding carboxylic acids is 1. The van der Waals surface area contributed by atoms with E-state index >= 15 is 0 Å². The van der Waals surface area contributed by atoms with Crippen LogP contribution >= 0.6 is 11.3 Å². The Labute approximate surface area is 164 Å². The molecule has 1 aromatic carbocycles.